The molecule has 0 unspecified atom stereocenters. The van der Waals surface area contributed by atoms with E-state index in [1.807, 2.05) is 97.5 Å². The van der Waals surface area contributed by atoms with Gasteiger partial charge >= 0.3 is 11.9 Å². The highest BCUT2D eigenvalue weighted by Crippen LogP contribution is 2.31. The molecule has 5 rings (SSSR count). The lowest BCUT2D eigenvalue weighted by Crippen LogP contribution is -2.48. The molecule has 0 spiro atoms. The van der Waals surface area contributed by atoms with Gasteiger partial charge in [0.25, 0.3) is 0 Å². The number of esters is 2. The summed E-state index contributed by atoms with van der Waals surface area (Å²) in [5.74, 6) is -2.33. The Balaban J connectivity index is 1.35. The minimum absolute atomic E-state index is 0.0998. The third-order valence-corrected chi connectivity index (χ3v) is 7.45. The molecule has 1 aromatic heterocycles. The van der Waals surface area contributed by atoms with Crippen LogP contribution in [0.15, 0.2) is 97.3 Å². The zero-order valence-electron chi connectivity index (χ0n) is 23.4. The highest BCUT2D eigenvalue weighted by Gasteiger charge is 2.45. The lowest BCUT2D eigenvalue weighted by Gasteiger charge is -2.25. The minimum Gasteiger partial charge on any atom is -0.463 e. The fourth-order valence-corrected chi connectivity index (χ4v) is 4.91. The minimum atomic E-state index is -0.878. The number of ether oxygens (including phenoxy) is 2. The predicted octanol–water partition coefficient (Wildman–Crippen LogP) is 5.30. The summed E-state index contributed by atoms with van der Waals surface area (Å²) in [6.45, 7) is 4.01. The van der Waals surface area contributed by atoms with Crippen LogP contribution in [0.25, 0.3) is 16.8 Å². The van der Waals surface area contributed by atoms with Crippen LogP contribution in [0, 0.1) is 16.7 Å². The first kappa shape index (κ1) is 28.4. The van der Waals surface area contributed by atoms with Gasteiger partial charge in [-0.05, 0) is 52.6 Å². The van der Waals surface area contributed by atoms with Crippen molar-refractivity contribution < 1.29 is 23.9 Å². The van der Waals surface area contributed by atoms with E-state index in [0.717, 1.165) is 22.4 Å². The molecule has 42 heavy (non-hydrogen) atoms. The third-order valence-electron chi connectivity index (χ3n) is 7.45. The molecule has 8 nitrogen and oxygen atoms in total. The van der Waals surface area contributed by atoms with Gasteiger partial charge in [0.15, 0.2) is 0 Å². The average molecular weight is 562 g/mol. The summed E-state index contributed by atoms with van der Waals surface area (Å²) >= 11 is 0. The van der Waals surface area contributed by atoms with Crippen LogP contribution < -0.4 is 5.32 Å². The van der Waals surface area contributed by atoms with Gasteiger partial charge in [-0.1, -0.05) is 68.4 Å². The monoisotopic (exact) mass is 561 g/mol. The van der Waals surface area contributed by atoms with E-state index in [0.29, 0.717) is 11.1 Å². The first-order valence-electron chi connectivity index (χ1n) is 13.7. The van der Waals surface area contributed by atoms with Gasteiger partial charge in [-0.15, -0.1) is 0 Å². The Hall–Kier alpha value is -5.16. The molecular formula is C34H31N3O5. The van der Waals surface area contributed by atoms with Crippen molar-refractivity contribution in [1.29, 1.82) is 5.26 Å². The third kappa shape index (κ3) is 6.42. The number of hydrogen-bond donors (Lipinski definition) is 1. The molecule has 1 saturated heterocycles. The Kier molecular flexibility index (Phi) is 8.21. The van der Waals surface area contributed by atoms with E-state index in [4.69, 9.17) is 14.7 Å². The van der Waals surface area contributed by atoms with E-state index in [-0.39, 0.29) is 19.6 Å². The van der Waals surface area contributed by atoms with Crippen molar-refractivity contribution in [3.63, 3.8) is 0 Å². The van der Waals surface area contributed by atoms with Crippen molar-refractivity contribution in [3.8, 4) is 22.9 Å². The summed E-state index contributed by atoms with van der Waals surface area (Å²) in [7, 11) is 0. The van der Waals surface area contributed by atoms with E-state index in [1.54, 1.807) is 18.2 Å². The van der Waals surface area contributed by atoms with Crippen LogP contribution in [0.3, 0.4) is 0 Å². The summed E-state index contributed by atoms with van der Waals surface area (Å²) < 4.78 is 12.6. The number of carbonyl (C=O) groups is 3. The van der Waals surface area contributed by atoms with Gasteiger partial charge in [0.2, 0.25) is 5.91 Å². The summed E-state index contributed by atoms with van der Waals surface area (Å²) in [6, 6.07) is 27.7. The van der Waals surface area contributed by atoms with Crippen LogP contribution in [0.5, 0.6) is 0 Å². The summed E-state index contributed by atoms with van der Waals surface area (Å²) in [4.78, 5) is 38.9. The zero-order chi connectivity index (χ0) is 29.7. The van der Waals surface area contributed by atoms with Crippen molar-refractivity contribution in [1.82, 2.24) is 9.88 Å². The molecule has 3 aromatic carbocycles. The Labute approximate surface area is 244 Å². The first-order chi connectivity index (χ1) is 20.2. The van der Waals surface area contributed by atoms with Crippen LogP contribution in [-0.2, 0) is 30.5 Å². The molecule has 1 aliphatic heterocycles. The molecule has 212 valence electrons. The summed E-state index contributed by atoms with van der Waals surface area (Å²) in [6.07, 6.45) is 3.45. The quantitative estimate of drug-likeness (QED) is 0.278. The van der Waals surface area contributed by atoms with Gasteiger partial charge in [-0.3, -0.25) is 9.59 Å². The SMILES string of the molecule is CC1(C)COC(=O)[C@H]1NC(=O)[C@@H](CC(=O)OCc1ccccc1)c1ccn(-c2ccc(-c3ccc(C#N)cc3)cc2)c1. The Morgan fingerprint density at radius 3 is 2.31 bits per heavy atom. The molecule has 1 N–H and O–H groups in total. The van der Waals surface area contributed by atoms with E-state index >= 15 is 0 Å². The average Bonchev–Trinajstić information content (AvgIpc) is 3.60. The summed E-state index contributed by atoms with van der Waals surface area (Å²) in [5.41, 5.74) is 4.35. The van der Waals surface area contributed by atoms with Crippen LogP contribution >= 0.6 is 0 Å². The van der Waals surface area contributed by atoms with Crippen LogP contribution in [0.2, 0.25) is 0 Å². The maximum absolute atomic E-state index is 13.6. The topological polar surface area (TPSA) is 110 Å². The Morgan fingerprint density at radius 1 is 1.02 bits per heavy atom. The van der Waals surface area contributed by atoms with Crippen molar-refractivity contribution >= 4 is 17.8 Å². The summed E-state index contributed by atoms with van der Waals surface area (Å²) in [5, 5.41) is 11.9. The highest BCUT2D eigenvalue weighted by atomic mass is 16.5. The second-order valence-corrected chi connectivity index (χ2v) is 11.0. The lowest BCUT2D eigenvalue weighted by atomic mass is 9.86. The number of rotatable bonds is 9. The smallest absolute Gasteiger partial charge is 0.329 e. The van der Waals surface area contributed by atoms with Crippen LogP contribution in [0.1, 0.15) is 42.9 Å². The van der Waals surface area contributed by atoms with Crippen molar-refractivity contribution in [2.75, 3.05) is 6.61 Å². The Morgan fingerprint density at radius 2 is 1.69 bits per heavy atom. The number of amides is 1. The van der Waals surface area contributed by atoms with Crippen LogP contribution in [0.4, 0.5) is 0 Å². The molecule has 8 heteroatoms. The van der Waals surface area contributed by atoms with E-state index < -0.39 is 35.2 Å². The fraction of sp³-hybridized carbons (Fsp3) is 0.235. The molecule has 1 fully saturated rings. The Bertz CT molecular complexity index is 1620. The largest absolute Gasteiger partial charge is 0.463 e. The predicted molar refractivity (Wildman–Crippen MR) is 156 cm³/mol. The molecule has 1 aliphatic rings. The molecule has 0 radical (unpaired) electrons. The molecule has 2 heterocycles. The maximum Gasteiger partial charge on any atom is 0.329 e. The van der Waals surface area contributed by atoms with Crippen molar-refractivity contribution in [2.45, 2.75) is 38.8 Å². The molecule has 0 aliphatic carbocycles. The number of carbonyl (C=O) groups excluding carboxylic acids is 3. The van der Waals surface area contributed by atoms with Gasteiger partial charge in [0.05, 0.1) is 30.6 Å². The van der Waals surface area contributed by atoms with E-state index in [1.165, 1.54) is 0 Å². The number of cyclic esters (lactones) is 1. The number of aromatic nitrogens is 1. The zero-order valence-corrected chi connectivity index (χ0v) is 23.4. The second-order valence-electron chi connectivity index (χ2n) is 11.0. The lowest BCUT2D eigenvalue weighted by molar-refractivity contribution is -0.147. The molecule has 2 atom stereocenters. The molecular weight excluding hydrogens is 530 g/mol. The number of nitrogens with zero attached hydrogens (tertiary/aromatic N) is 2. The van der Waals surface area contributed by atoms with Crippen molar-refractivity contribution in [2.24, 2.45) is 5.41 Å². The molecule has 1 amide bonds. The fourth-order valence-electron chi connectivity index (χ4n) is 4.91. The molecule has 0 saturated carbocycles. The van der Waals surface area contributed by atoms with E-state index in [9.17, 15) is 14.4 Å². The standard InChI is InChI=1S/C34H31N3O5/c1-34(2)22-42-33(40)31(34)36-32(39)29(18-30(38)41-21-24-6-4-3-5-7-24)27-16-17-37(20-27)28-14-12-26(13-15-28)25-10-8-23(19-35)9-11-25/h3-17,20,29,31H,18,21-22H2,1-2H3,(H,36,39)/t29-,31+/m0/s1. The highest BCUT2D eigenvalue weighted by molar-refractivity contribution is 5.92. The van der Waals surface area contributed by atoms with Gasteiger partial charge in [0, 0.05) is 23.5 Å². The van der Waals surface area contributed by atoms with Crippen molar-refractivity contribution in [3.05, 3.63) is 114 Å². The van der Waals surface area contributed by atoms with Gasteiger partial charge in [0.1, 0.15) is 12.6 Å². The molecule has 0 bridgehead atoms. The van der Waals surface area contributed by atoms with E-state index in [2.05, 4.69) is 11.4 Å². The number of nitrogens with one attached hydrogen (secondary N) is 1. The van der Waals surface area contributed by atoms with Gasteiger partial charge < -0.3 is 19.4 Å². The number of benzene rings is 3. The van der Waals surface area contributed by atoms with Gasteiger partial charge in [-0.2, -0.15) is 5.26 Å². The number of hydrogen-bond acceptors (Lipinski definition) is 6. The first-order valence-corrected chi connectivity index (χ1v) is 13.7. The van der Waals surface area contributed by atoms with Crippen LogP contribution in [-0.4, -0.2) is 35.1 Å². The van der Waals surface area contributed by atoms with Gasteiger partial charge in [-0.25, -0.2) is 4.79 Å². The molecule has 4 aromatic rings. The maximum atomic E-state index is 13.6. The normalized spacial score (nSPS) is 16.2. The number of nitriles is 1. The second kappa shape index (κ2) is 12.1.